The molecule has 0 bridgehead atoms. The molecule has 0 heterocycles. The van der Waals surface area contributed by atoms with E-state index in [4.69, 9.17) is 5.14 Å². The van der Waals surface area contributed by atoms with E-state index in [9.17, 15) is 18.0 Å². The second kappa shape index (κ2) is 9.99. The molecule has 3 aromatic rings. The molecule has 7 nitrogen and oxygen atoms in total. The highest BCUT2D eigenvalue weighted by Gasteiger charge is 2.15. The molecule has 0 aliphatic rings. The number of primary sulfonamides is 1. The van der Waals surface area contributed by atoms with Crippen LogP contribution < -0.4 is 15.8 Å². The number of aryl methyl sites for hydroxylation is 1. The number of benzene rings is 3. The summed E-state index contributed by atoms with van der Waals surface area (Å²) in [4.78, 5) is 25.7. The smallest absolute Gasteiger partial charge is 0.255 e. The van der Waals surface area contributed by atoms with Crippen LogP contribution in [0, 0.1) is 6.92 Å². The van der Waals surface area contributed by atoms with Gasteiger partial charge in [0.25, 0.3) is 5.91 Å². The van der Waals surface area contributed by atoms with Crippen molar-refractivity contribution in [1.29, 1.82) is 0 Å². The van der Waals surface area contributed by atoms with Gasteiger partial charge >= 0.3 is 0 Å². The molecule has 32 heavy (non-hydrogen) atoms. The van der Waals surface area contributed by atoms with Gasteiger partial charge in [-0.3, -0.25) is 9.59 Å². The lowest BCUT2D eigenvalue weighted by Crippen LogP contribution is -2.22. The number of nitrogens with one attached hydrogen (secondary N) is 2. The Morgan fingerprint density at radius 3 is 2.09 bits per heavy atom. The van der Waals surface area contributed by atoms with Crippen LogP contribution in [0.15, 0.2) is 82.6 Å². The lowest BCUT2D eigenvalue weighted by atomic mass is 10.1. The van der Waals surface area contributed by atoms with E-state index in [1.807, 2.05) is 37.3 Å². The minimum absolute atomic E-state index is 0.0208. The fourth-order valence-electron chi connectivity index (χ4n) is 2.84. The Morgan fingerprint density at radius 1 is 0.906 bits per heavy atom. The molecule has 0 aliphatic carbocycles. The van der Waals surface area contributed by atoms with Crippen molar-refractivity contribution >= 4 is 45.0 Å². The van der Waals surface area contributed by atoms with E-state index in [-0.39, 0.29) is 16.7 Å². The number of rotatable bonds is 7. The number of hydrogen-bond donors (Lipinski definition) is 3. The molecule has 0 spiro atoms. The summed E-state index contributed by atoms with van der Waals surface area (Å²) in [7, 11) is -3.78. The molecule has 2 amide bonds. The van der Waals surface area contributed by atoms with Crippen molar-refractivity contribution in [3.8, 4) is 0 Å². The van der Waals surface area contributed by atoms with Crippen LogP contribution in [-0.2, 0) is 14.8 Å². The van der Waals surface area contributed by atoms with Crippen LogP contribution in [0.2, 0.25) is 0 Å². The van der Waals surface area contributed by atoms with E-state index in [1.165, 1.54) is 36.0 Å². The summed E-state index contributed by atoms with van der Waals surface area (Å²) in [5.41, 5.74) is 2.74. The van der Waals surface area contributed by atoms with Gasteiger partial charge in [0.1, 0.15) is 0 Å². The van der Waals surface area contributed by atoms with E-state index in [0.29, 0.717) is 16.9 Å². The summed E-state index contributed by atoms with van der Waals surface area (Å²) >= 11 is 1.36. The van der Waals surface area contributed by atoms with Gasteiger partial charge in [-0.1, -0.05) is 17.7 Å². The molecule has 166 valence electrons. The van der Waals surface area contributed by atoms with Gasteiger partial charge in [0.2, 0.25) is 15.9 Å². The van der Waals surface area contributed by atoms with Crippen molar-refractivity contribution < 1.29 is 18.0 Å². The largest absolute Gasteiger partial charge is 0.325 e. The molecule has 1 unspecified atom stereocenters. The summed E-state index contributed by atoms with van der Waals surface area (Å²) < 4.78 is 22.6. The third kappa shape index (κ3) is 6.43. The lowest BCUT2D eigenvalue weighted by Gasteiger charge is -2.13. The molecule has 3 rings (SSSR count). The fourth-order valence-corrected chi connectivity index (χ4v) is 4.22. The molecule has 0 saturated heterocycles. The molecule has 4 N–H and O–H groups in total. The van der Waals surface area contributed by atoms with Gasteiger partial charge in [-0.25, -0.2) is 13.6 Å². The Kier molecular flexibility index (Phi) is 7.34. The van der Waals surface area contributed by atoms with E-state index in [2.05, 4.69) is 10.6 Å². The van der Waals surface area contributed by atoms with Crippen molar-refractivity contribution in [1.82, 2.24) is 0 Å². The first-order valence-corrected chi connectivity index (χ1v) is 12.1. The second-order valence-electron chi connectivity index (χ2n) is 7.17. The highest BCUT2D eigenvalue weighted by Crippen LogP contribution is 2.26. The molecular weight excluding hydrogens is 446 g/mol. The minimum Gasteiger partial charge on any atom is -0.325 e. The number of carbonyl (C=O) groups is 2. The third-order valence-electron chi connectivity index (χ3n) is 4.52. The average molecular weight is 470 g/mol. The van der Waals surface area contributed by atoms with Gasteiger partial charge in [0.05, 0.1) is 10.1 Å². The number of hydrogen-bond acceptors (Lipinski definition) is 5. The number of nitrogens with two attached hydrogens (primary N) is 1. The first-order chi connectivity index (χ1) is 15.1. The highest BCUT2D eigenvalue weighted by molar-refractivity contribution is 8.00. The average Bonchev–Trinajstić information content (AvgIpc) is 2.74. The Morgan fingerprint density at radius 2 is 1.50 bits per heavy atom. The van der Waals surface area contributed by atoms with E-state index < -0.39 is 15.3 Å². The Labute approximate surface area is 191 Å². The topological polar surface area (TPSA) is 118 Å². The van der Waals surface area contributed by atoms with Gasteiger partial charge < -0.3 is 10.6 Å². The predicted octanol–water partition coefficient (Wildman–Crippen LogP) is 4.01. The van der Waals surface area contributed by atoms with E-state index in [1.54, 1.807) is 25.1 Å². The first kappa shape index (κ1) is 23.5. The maximum absolute atomic E-state index is 12.5. The summed E-state index contributed by atoms with van der Waals surface area (Å²) in [6.45, 7) is 3.70. The lowest BCUT2D eigenvalue weighted by molar-refractivity contribution is -0.115. The molecule has 0 fully saturated rings. The van der Waals surface area contributed by atoms with Crippen LogP contribution in [0.1, 0.15) is 22.8 Å². The van der Waals surface area contributed by atoms with E-state index >= 15 is 0 Å². The van der Waals surface area contributed by atoms with Gasteiger partial charge in [-0.2, -0.15) is 0 Å². The standard InChI is InChI=1S/C23H23N3O4S2/c1-15-4-3-5-17(14-15)23(28)26-18-6-10-20(11-7-18)31-16(2)22(27)25-19-8-12-21(13-9-19)32(24,29)30/h3-14,16H,1-2H3,(H,25,27)(H,26,28)(H2,24,29,30). The molecule has 9 heteroatoms. The molecule has 1 atom stereocenters. The molecule has 0 aliphatic heterocycles. The van der Waals surface area contributed by atoms with Crippen LogP contribution in [-0.4, -0.2) is 25.5 Å². The van der Waals surface area contributed by atoms with Crippen molar-refractivity contribution in [2.45, 2.75) is 28.9 Å². The Balaban J connectivity index is 1.56. The van der Waals surface area contributed by atoms with Crippen LogP contribution >= 0.6 is 11.8 Å². The van der Waals surface area contributed by atoms with Crippen molar-refractivity contribution in [2.24, 2.45) is 5.14 Å². The van der Waals surface area contributed by atoms with Crippen LogP contribution in [0.25, 0.3) is 0 Å². The van der Waals surface area contributed by atoms with Gasteiger partial charge in [0.15, 0.2) is 0 Å². The third-order valence-corrected chi connectivity index (χ3v) is 6.57. The number of carbonyl (C=O) groups excluding carboxylic acids is 2. The maximum Gasteiger partial charge on any atom is 0.255 e. The highest BCUT2D eigenvalue weighted by atomic mass is 32.2. The molecule has 0 radical (unpaired) electrons. The number of sulfonamides is 1. The zero-order chi connectivity index (χ0) is 23.3. The molecular formula is C23H23N3O4S2. The second-order valence-corrected chi connectivity index (χ2v) is 10.1. The number of anilines is 2. The van der Waals surface area contributed by atoms with Crippen molar-refractivity contribution in [2.75, 3.05) is 10.6 Å². The Bertz CT molecular complexity index is 1220. The first-order valence-electron chi connectivity index (χ1n) is 9.70. The quantitative estimate of drug-likeness (QED) is 0.452. The monoisotopic (exact) mass is 469 g/mol. The molecule has 3 aromatic carbocycles. The number of thioether (sulfide) groups is 1. The number of amides is 2. The fraction of sp³-hybridized carbons (Fsp3) is 0.130. The normalized spacial score (nSPS) is 12.1. The zero-order valence-corrected chi connectivity index (χ0v) is 19.2. The summed E-state index contributed by atoms with van der Waals surface area (Å²) in [5.74, 6) is -0.412. The maximum atomic E-state index is 12.5. The van der Waals surface area contributed by atoms with Crippen molar-refractivity contribution in [3.63, 3.8) is 0 Å². The van der Waals surface area contributed by atoms with Crippen LogP contribution in [0.5, 0.6) is 0 Å². The van der Waals surface area contributed by atoms with Crippen molar-refractivity contribution in [3.05, 3.63) is 83.9 Å². The molecule has 0 aromatic heterocycles. The Hall–Kier alpha value is -3.14. The minimum atomic E-state index is -3.78. The van der Waals surface area contributed by atoms with Crippen LogP contribution in [0.4, 0.5) is 11.4 Å². The summed E-state index contributed by atoms with van der Waals surface area (Å²) in [6.07, 6.45) is 0. The van der Waals surface area contributed by atoms with Gasteiger partial charge in [-0.15, -0.1) is 11.8 Å². The predicted molar refractivity (Wildman–Crippen MR) is 127 cm³/mol. The van der Waals surface area contributed by atoms with Gasteiger partial charge in [0, 0.05) is 21.8 Å². The van der Waals surface area contributed by atoms with Gasteiger partial charge in [-0.05, 0) is 74.5 Å². The zero-order valence-electron chi connectivity index (χ0n) is 17.5. The van der Waals surface area contributed by atoms with E-state index in [0.717, 1.165) is 10.5 Å². The van der Waals surface area contributed by atoms with Crippen LogP contribution in [0.3, 0.4) is 0 Å². The SMILES string of the molecule is Cc1cccc(C(=O)Nc2ccc(SC(C)C(=O)Nc3ccc(S(N)(=O)=O)cc3)cc2)c1. The molecule has 0 saturated carbocycles. The summed E-state index contributed by atoms with van der Waals surface area (Å²) in [6, 6.07) is 20.2. The summed E-state index contributed by atoms with van der Waals surface area (Å²) in [5, 5.41) is 10.3.